The van der Waals surface area contributed by atoms with Crippen molar-refractivity contribution in [1.29, 1.82) is 0 Å². The van der Waals surface area contributed by atoms with E-state index in [9.17, 15) is 9.59 Å². The number of hydrogen-bond donors (Lipinski definition) is 0. The van der Waals surface area contributed by atoms with Crippen LogP contribution in [0.1, 0.15) is 25.7 Å². The van der Waals surface area contributed by atoms with Crippen LogP contribution in [-0.4, -0.2) is 71.1 Å². The molecule has 2 aliphatic rings. The minimum atomic E-state index is -0.00979. The van der Waals surface area contributed by atoms with Crippen LogP contribution in [0, 0.1) is 0 Å². The molecule has 0 N–H and O–H groups in total. The summed E-state index contributed by atoms with van der Waals surface area (Å²) in [5.74, 6) is 0.325. The molecule has 150 valence electrons. The molecular formula is C21H29N5O2. The van der Waals surface area contributed by atoms with Crippen molar-refractivity contribution in [3.8, 4) is 0 Å². The highest BCUT2D eigenvalue weighted by molar-refractivity contribution is 5.81. The van der Waals surface area contributed by atoms with E-state index in [-0.39, 0.29) is 5.56 Å². The summed E-state index contributed by atoms with van der Waals surface area (Å²) in [6, 6.07) is 5.93. The number of carbonyl (C=O) groups excluding carboxylic acids is 1. The van der Waals surface area contributed by atoms with Crippen LogP contribution in [0.2, 0.25) is 0 Å². The fourth-order valence-electron chi connectivity index (χ4n) is 4.16. The summed E-state index contributed by atoms with van der Waals surface area (Å²) in [4.78, 5) is 35.6. The van der Waals surface area contributed by atoms with Gasteiger partial charge in [0.2, 0.25) is 5.91 Å². The zero-order valence-electron chi connectivity index (χ0n) is 16.6. The molecule has 0 spiro atoms. The van der Waals surface area contributed by atoms with Gasteiger partial charge in [0, 0.05) is 65.0 Å². The lowest BCUT2D eigenvalue weighted by molar-refractivity contribution is -0.130. The first-order valence-electron chi connectivity index (χ1n) is 10.3. The van der Waals surface area contributed by atoms with E-state index in [1.54, 1.807) is 13.4 Å². The third kappa shape index (κ3) is 4.04. The number of piperazine rings is 1. The van der Waals surface area contributed by atoms with Crippen LogP contribution in [0.3, 0.4) is 0 Å². The number of nitrogens with zero attached hydrogens (tertiary/aromatic N) is 5. The van der Waals surface area contributed by atoms with E-state index in [0.29, 0.717) is 17.7 Å². The Hall–Kier alpha value is -2.41. The van der Waals surface area contributed by atoms with Crippen molar-refractivity contribution in [2.45, 2.75) is 25.7 Å². The Morgan fingerprint density at radius 3 is 2.61 bits per heavy atom. The molecule has 3 heterocycles. The van der Waals surface area contributed by atoms with Gasteiger partial charge >= 0.3 is 0 Å². The van der Waals surface area contributed by atoms with Crippen molar-refractivity contribution in [3.05, 3.63) is 34.9 Å². The van der Waals surface area contributed by atoms with Gasteiger partial charge in [-0.05, 0) is 31.0 Å². The monoisotopic (exact) mass is 383 g/mol. The van der Waals surface area contributed by atoms with Crippen LogP contribution in [-0.2, 0) is 11.8 Å². The van der Waals surface area contributed by atoms with Crippen molar-refractivity contribution in [2.24, 2.45) is 7.05 Å². The first kappa shape index (κ1) is 18.9. The third-order valence-corrected chi connectivity index (χ3v) is 6.00. The quantitative estimate of drug-likeness (QED) is 0.800. The first-order chi connectivity index (χ1) is 13.6. The maximum Gasteiger partial charge on any atom is 0.260 e. The number of hydrogen-bond acceptors (Lipinski definition) is 5. The molecule has 7 heteroatoms. The molecular weight excluding hydrogens is 354 g/mol. The van der Waals surface area contributed by atoms with Gasteiger partial charge < -0.3 is 14.4 Å². The summed E-state index contributed by atoms with van der Waals surface area (Å²) in [5, 5.41) is 0.662. The zero-order valence-corrected chi connectivity index (χ0v) is 16.6. The average Bonchev–Trinajstić information content (AvgIpc) is 2.93. The molecule has 0 aliphatic carbocycles. The molecule has 4 rings (SSSR count). The van der Waals surface area contributed by atoms with Crippen LogP contribution < -0.4 is 10.5 Å². The summed E-state index contributed by atoms with van der Waals surface area (Å²) in [6.45, 7) is 6.60. The Balaban J connectivity index is 1.34. The molecule has 2 fully saturated rings. The number of aromatic nitrogens is 2. The molecule has 0 saturated carbocycles. The lowest BCUT2D eigenvalue weighted by Crippen LogP contribution is -2.49. The van der Waals surface area contributed by atoms with Crippen LogP contribution in [0.15, 0.2) is 29.3 Å². The van der Waals surface area contributed by atoms with Gasteiger partial charge in [0.1, 0.15) is 0 Å². The molecule has 0 atom stereocenters. The van der Waals surface area contributed by atoms with Gasteiger partial charge in [-0.25, -0.2) is 4.98 Å². The second kappa shape index (κ2) is 8.31. The second-order valence-corrected chi connectivity index (χ2v) is 7.88. The molecule has 2 aromatic rings. The Bertz CT molecular complexity index is 901. The predicted octanol–water partition coefficient (Wildman–Crippen LogP) is 1.46. The number of benzene rings is 1. The molecule has 1 amide bonds. The van der Waals surface area contributed by atoms with Gasteiger partial charge in [-0.1, -0.05) is 6.42 Å². The van der Waals surface area contributed by atoms with Gasteiger partial charge in [0.25, 0.3) is 5.56 Å². The van der Waals surface area contributed by atoms with E-state index in [4.69, 9.17) is 0 Å². The van der Waals surface area contributed by atoms with Gasteiger partial charge in [-0.2, -0.15) is 0 Å². The van der Waals surface area contributed by atoms with Gasteiger partial charge in [-0.3, -0.25) is 14.5 Å². The SMILES string of the molecule is Cn1cnc2cc(N3CCN(CCN4CCCCCC4=O)CC3)ccc2c1=O. The fraction of sp³-hybridized carbons (Fsp3) is 0.571. The summed E-state index contributed by atoms with van der Waals surface area (Å²) in [6.07, 6.45) is 5.65. The second-order valence-electron chi connectivity index (χ2n) is 7.88. The Morgan fingerprint density at radius 1 is 0.964 bits per heavy atom. The van der Waals surface area contributed by atoms with Crippen LogP contribution in [0.25, 0.3) is 10.9 Å². The lowest BCUT2D eigenvalue weighted by atomic mass is 10.2. The highest BCUT2D eigenvalue weighted by Gasteiger charge is 2.21. The normalized spacial score (nSPS) is 19.2. The molecule has 2 saturated heterocycles. The highest BCUT2D eigenvalue weighted by atomic mass is 16.2. The molecule has 1 aromatic heterocycles. The van der Waals surface area contributed by atoms with Gasteiger partial charge in [-0.15, -0.1) is 0 Å². The fourth-order valence-corrected chi connectivity index (χ4v) is 4.16. The van der Waals surface area contributed by atoms with Crippen molar-refractivity contribution in [3.63, 3.8) is 0 Å². The number of carbonyl (C=O) groups is 1. The van der Waals surface area contributed by atoms with Crippen molar-refractivity contribution < 1.29 is 4.79 Å². The Kier molecular flexibility index (Phi) is 5.62. The van der Waals surface area contributed by atoms with Gasteiger partial charge in [0.15, 0.2) is 0 Å². The van der Waals surface area contributed by atoms with E-state index in [0.717, 1.165) is 69.9 Å². The van der Waals surface area contributed by atoms with Crippen LogP contribution in [0.5, 0.6) is 0 Å². The number of aryl methyl sites for hydroxylation is 1. The molecule has 0 bridgehead atoms. The minimum absolute atomic E-state index is 0.00979. The molecule has 1 aromatic carbocycles. The van der Waals surface area contributed by atoms with E-state index in [1.807, 2.05) is 18.2 Å². The summed E-state index contributed by atoms with van der Waals surface area (Å²) in [5.41, 5.74) is 1.86. The van der Waals surface area contributed by atoms with Crippen LogP contribution in [0.4, 0.5) is 5.69 Å². The standard InChI is InChI=1S/C21H29N5O2/c1-23-16-22-19-15-17(6-7-18(19)21(23)28)25-12-9-24(10-13-25)11-14-26-8-4-2-3-5-20(26)27/h6-7,15-16H,2-5,8-14H2,1H3. The molecule has 28 heavy (non-hydrogen) atoms. The van der Waals surface area contributed by atoms with Crippen LogP contribution >= 0.6 is 0 Å². The predicted molar refractivity (Wildman–Crippen MR) is 111 cm³/mol. The van der Waals surface area contributed by atoms with Crippen molar-refractivity contribution >= 4 is 22.5 Å². The molecule has 0 unspecified atom stereocenters. The number of amides is 1. The lowest BCUT2D eigenvalue weighted by Gasteiger charge is -2.37. The van der Waals surface area contributed by atoms with Crippen molar-refractivity contribution in [1.82, 2.24) is 19.4 Å². The summed E-state index contributed by atoms with van der Waals surface area (Å²) >= 11 is 0. The molecule has 2 aliphatic heterocycles. The summed E-state index contributed by atoms with van der Waals surface area (Å²) < 4.78 is 1.51. The third-order valence-electron chi connectivity index (χ3n) is 6.00. The van der Waals surface area contributed by atoms with E-state index < -0.39 is 0 Å². The largest absolute Gasteiger partial charge is 0.369 e. The summed E-state index contributed by atoms with van der Waals surface area (Å²) in [7, 11) is 1.72. The number of fused-ring (bicyclic) bond motifs is 1. The average molecular weight is 383 g/mol. The maximum absolute atomic E-state index is 12.2. The number of anilines is 1. The first-order valence-corrected chi connectivity index (χ1v) is 10.3. The molecule has 0 radical (unpaired) electrons. The number of likely N-dealkylation sites (tertiary alicyclic amines) is 1. The maximum atomic E-state index is 12.2. The smallest absolute Gasteiger partial charge is 0.260 e. The van der Waals surface area contributed by atoms with Crippen molar-refractivity contribution in [2.75, 3.05) is 50.7 Å². The van der Waals surface area contributed by atoms with E-state index in [2.05, 4.69) is 19.7 Å². The number of rotatable bonds is 4. The molecule has 7 nitrogen and oxygen atoms in total. The van der Waals surface area contributed by atoms with E-state index >= 15 is 0 Å². The zero-order chi connectivity index (χ0) is 19.5. The Labute approximate surface area is 165 Å². The topological polar surface area (TPSA) is 61.7 Å². The highest BCUT2D eigenvalue weighted by Crippen LogP contribution is 2.20. The van der Waals surface area contributed by atoms with Gasteiger partial charge in [0.05, 0.1) is 17.2 Å². The minimum Gasteiger partial charge on any atom is -0.369 e. The van der Waals surface area contributed by atoms with E-state index in [1.165, 1.54) is 11.0 Å². The Morgan fingerprint density at radius 2 is 1.79 bits per heavy atom.